The number of pyridine rings is 2. The van der Waals surface area contributed by atoms with E-state index in [4.69, 9.17) is 0 Å². The van der Waals surface area contributed by atoms with Crippen molar-refractivity contribution >= 4 is 24.2 Å². The number of benzene rings is 2. The van der Waals surface area contributed by atoms with E-state index in [2.05, 4.69) is 31.0 Å². The first kappa shape index (κ1) is 26.8. The van der Waals surface area contributed by atoms with Gasteiger partial charge in [0.2, 0.25) is 0 Å². The molecular weight excluding hydrogens is 492 g/mol. The summed E-state index contributed by atoms with van der Waals surface area (Å²) in [6.45, 7) is 0. The van der Waals surface area contributed by atoms with Crippen LogP contribution in [-0.2, 0) is 0 Å². The van der Waals surface area contributed by atoms with Gasteiger partial charge in [-0.2, -0.15) is 10.2 Å². The summed E-state index contributed by atoms with van der Waals surface area (Å²) in [5, 5.41) is 45.0. The molecular formula is C26H22N6O6. The fourth-order valence-corrected chi connectivity index (χ4v) is 2.76. The van der Waals surface area contributed by atoms with E-state index in [1.807, 2.05) is 0 Å². The highest BCUT2D eigenvalue weighted by Crippen LogP contribution is 2.27. The second-order valence-electron chi connectivity index (χ2n) is 7.30. The number of hydrazone groups is 2. The molecule has 0 saturated heterocycles. The van der Waals surface area contributed by atoms with Crippen molar-refractivity contribution in [2.75, 3.05) is 0 Å². The maximum absolute atomic E-state index is 11.6. The molecule has 38 heavy (non-hydrogen) atoms. The van der Waals surface area contributed by atoms with Crippen molar-refractivity contribution < 1.29 is 30.0 Å². The van der Waals surface area contributed by atoms with Gasteiger partial charge in [-0.3, -0.25) is 19.6 Å². The van der Waals surface area contributed by atoms with Gasteiger partial charge in [0.15, 0.2) is 23.0 Å². The first-order chi connectivity index (χ1) is 18.4. The molecule has 0 aliphatic heterocycles. The Hall–Kier alpha value is -5.78. The van der Waals surface area contributed by atoms with Gasteiger partial charge in [0, 0.05) is 47.0 Å². The molecule has 2 heterocycles. The van der Waals surface area contributed by atoms with Crippen LogP contribution < -0.4 is 10.9 Å². The Morgan fingerprint density at radius 2 is 0.974 bits per heavy atom. The molecule has 12 nitrogen and oxygen atoms in total. The third kappa shape index (κ3) is 7.61. The molecule has 192 valence electrons. The molecule has 4 rings (SSSR count). The van der Waals surface area contributed by atoms with Crippen molar-refractivity contribution in [1.82, 2.24) is 20.8 Å². The van der Waals surface area contributed by atoms with Crippen molar-refractivity contribution in [1.29, 1.82) is 0 Å². The number of hydrogen-bond donors (Lipinski definition) is 6. The lowest BCUT2D eigenvalue weighted by atomic mass is 10.2. The van der Waals surface area contributed by atoms with Gasteiger partial charge in [-0.05, 0) is 48.5 Å². The number of aromatic nitrogens is 2. The summed E-state index contributed by atoms with van der Waals surface area (Å²) in [5.74, 6) is -1.85. The van der Waals surface area contributed by atoms with Crippen LogP contribution in [0.3, 0.4) is 0 Å². The highest BCUT2D eigenvalue weighted by Gasteiger charge is 2.06. The maximum atomic E-state index is 11.6. The minimum Gasteiger partial charge on any atom is -0.504 e. The quantitative estimate of drug-likeness (QED) is 0.128. The number of carbonyl (C=O) groups is 2. The third-order valence-corrected chi connectivity index (χ3v) is 4.72. The number of aromatic hydroxyl groups is 4. The van der Waals surface area contributed by atoms with Crippen LogP contribution in [0.5, 0.6) is 23.0 Å². The van der Waals surface area contributed by atoms with Crippen LogP contribution in [0.1, 0.15) is 31.8 Å². The molecule has 0 saturated carbocycles. The molecule has 0 spiro atoms. The van der Waals surface area contributed by atoms with E-state index in [-0.39, 0.29) is 23.0 Å². The van der Waals surface area contributed by atoms with Gasteiger partial charge >= 0.3 is 0 Å². The number of nitrogens with zero attached hydrogens (tertiary/aromatic N) is 4. The lowest BCUT2D eigenvalue weighted by Gasteiger charge is -2.01. The van der Waals surface area contributed by atoms with Crippen molar-refractivity contribution in [2.24, 2.45) is 10.2 Å². The van der Waals surface area contributed by atoms with Crippen LogP contribution in [0.25, 0.3) is 0 Å². The number of nitrogens with one attached hydrogen (secondary N) is 2. The summed E-state index contributed by atoms with van der Waals surface area (Å²) < 4.78 is 0. The molecule has 0 unspecified atom stereocenters. The highest BCUT2D eigenvalue weighted by molar-refractivity contribution is 5.95. The van der Waals surface area contributed by atoms with Gasteiger partial charge in [0.05, 0.1) is 12.4 Å². The Labute approximate surface area is 216 Å². The van der Waals surface area contributed by atoms with Gasteiger partial charge in [0.1, 0.15) is 0 Å². The fraction of sp³-hybridized carbons (Fsp3) is 0. The molecule has 0 fully saturated rings. The second-order valence-corrected chi connectivity index (χ2v) is 7.30. The molecule has 0 aliphatic rings. The molecule has 0 bridgehead atoms. The molecule has 6 N–H and O–H groups in total. The van der Waals surface area contributed by atoms with Crippen molar-refractivity contribution in [3.05, 3.63) is 108 Å². The number of hydrogen-bond acceptors (Lipinski definition) is 10. The number of carbonyl (C=O) groups excluding carboxylic acids is 2. The van der Waals surface area contributed by atoms with Gasteiger partial charge in [-0.1, -0.05) is 12.1 Å². The Morgan fingerprint density at radius 3 is 1.34 bits per heavy atom. The fourth-order valence-electron chi connectivity index (χ4n) is 2.76. The summed E-state index contributed by atoms with van der Waals surface area (Å²) in [5.41, 5.74) is 6.06. The summed E-state index contributed by atoms with van der Waals surface area (Å²) in [6, 6.07) is 15.1. The predicted octanol–water partition coefficient (Wildman–Crippen LogP) is 2.51. The summed E-state index contributed by atoms with van der Waals surface area (Å²) in [6.07, 6.45) is 8.49. The van der Waals surface area contributed by atoms with Crippen LogP contribution in [0.15, 0.2) is 95.7 Å². The largest absolute Gasteiger partial charge is 0.504 e. The Bertz CT molecular complexity index is 1330. The third-order valence-electron chi connectivity index (χ3n) is 4.72. The van der Waals surface area contributed by atoms with E-state index < -0.39 is 11.8 Å². The number of phenolic OH excluding ortho intramolecular Hbond substituents is 4. The zero-order valence-electron chi connectivity index (χ0n) is 19.6. The van der Waals surface area contributed by atoms with Crippen LogP contribution >= 0.6 is 0 Å². The first-order valence-corrected chi connectivity index (χ1v) is 10.9. The van der Waals surface area contributed by atoms with Crippen LogP contribution in [0, 0.1) is 0 Å². The van der Waals surface area contributed by atoms with Crippen LogP contribution in [0.2, 0.25) is 0 Å². The molecule has 2 aromatic carbocycles. The van der Waals surface area contributed by atoms with Gasteiger partial charge < -0.3 is 20.4 Å². The predicted molar refractivity (Wildman–Crippen MR) is 138 cm³/mol. The number of phenols is 4. The van der Waals surface area contributed by atoms with E-state index in [9.17, 15) is 30.0 Å². The molecule has 0 radical (unpaired) electrons. The Kier molecular flexibility index (Phi) is 9.42. The number of amides is 2. The number of para-hydroxylation sites is 2. The monoisotopic (exact) mass is 514 g/mol. The first-order valence-electron chi connectivity index (χ1n) is 10.9. The van der Waals surface area contributed by atoms with Crippen LogP contribution in [0.4, 0.5) is 0 Å². The average molecular weight is 514 g/mol. The average Bonchev–Trinajstić information content (AvgIpc) is 2.94. The van der Waals surface area contributed by atoms with E-state index in [1.165, 1.54) is 49.3 Å². The standard InChI is InChI=1S/2C13H11N3O3/c2*17-11-3-1-2-10(12(11)18)8-15-16-13(19)9-4-6-14-7-5-9/h2*1-8,17-18H,(H,16,19)/b2*15-8+. The smallest absolute Gasteiger partial charge is 0.271 e. The Morgan fingerprint density at radius 1 is 0.605 bits per heavy atom. The zero-order valence-corrected chi connectivity index (χ0v) is 19.6. The van der Waals surface area contributed by atoms with Gasteiger partial charge in [-0.15, -0.1) is 0 Å². The number of rotatable bonds is 6. The van der Waals surface area contributed by atoms with Gasteiger partial charge in [-0.25, -0.2) is 10.9 Å². The summed E-state index contributed by atoms with van der Waals surface area (Å²) >= 11 is 0. The molecule has 2 aromatic heterocycles. The van der Waals surface area contributed by atoms with E-state index in [1.54, 1.807) is 48.5 Å². The zero-order chi connectivity index (χ0) is 27.3. The minimum atomic E-state index is -0.390. The maximum Gasteiger partial charge on any atom is 0.271 e. The minimum absolute atomic E-state index is 0.246. The van der Waals surface area contributed by atoms with Crippen molar-refractivity contribution in [3.63, 3.8) is 0 Å². The normalized spacial score (nSPS) is 10.5. The Balaban J connectivity index is 0.000000211. The second kappa shape index (κ2) is 13.3. The van der Waals surface area contributed by atoms with Crippen molar-refractivity contribution in [3.8, 4) is 23.0 Å². The highest BCUT2D eigenvalue weighted by atomic mass is 16.3. The molecule has 12 heteroatoms. The lowest BCUT2D eigenvalue weighted by molar-refractivity contribution is 0.0947. The topological polar surface area (TPSA) is 190 Å². The van der Waals surface area contributed by atoms with Crippen molar-refractivity contribution in [2.45, 2.75) is 0 Å². The molecule has 4 aromatic rings. The summed E-state index contributed by atoms with van der Waals surface area (Å²) in [7, 11) is 0. The molecule has 2 amide bonds. The van der Waals surface area contributed by atoms with E-state index in [0.29, 0.717) is 22.3 Å². The lowest BCUT2D eigenvalue weighted by Crippen LogP contribution is -2.17. The molecule has 0 aliphatic carbocycles. The SMILES string of the molecule is O=C(N/N=C/c1cccc(O)c1O)c1ccncc1.O=C(N/N=C/c1cccc(O)c1O)c1ccncc1. The van der Waals surface area contributed by atoms with E-state index in [0.717, 1.165) is 0 Å². The summed E-state index contributed by atoms with van der Waals surface area (Å²) in [4.78, 5) is 30.8. The van der Waals surface area contributed by atoms with Crippen LogP contribution in [-0.4, -0.2) is 54.6 Å². The van der Waals surface area contributed by atoms with Gasteiger partial charge in [0.25, 0.3) is 11.8 Å². The van der Waals surface area contributed by atoms with E-state index >= 15 is 0 Å². The molecule has 0 atom stereocenters.